The van der Waals surface area contributed by atoms with Crippen molar-refractivity contribution in [3.8, 4) is 0 Å². The highest BCUT2D eigenvalue weighted by atomic mass is 32.2. The molecule has 4 rings (SSSR count). The number of aromatic nitrogens is 2. The van der Waals surface area contributed by atoms with E-state index in [1.807, 2.05) is 25.3 Å². The average Bonchev–Trinajstić information content (AvgIpc) is 3.17. The number of nitrogens with zero attached hydrogens (tertiary/aromatic N) is 3. The molecule has 2 aromatic heterocycles. The summed E-state index contributed by atoms with van der Waals surface area (Å²) >= 11 is 0. The fraction of sp³-hybridized carbons (Fsp3) is 0.524. The van der Waals surface area contributed by atoms with Gasteiger partial charge in [0.05, 0.1) is 5.75 Å². The van der Waals surface area contributed by atoms with Crippen molar-refractivity contribution in [2.75, 3.05) is 25.4 Å². The van der Waals surface area contributed by atoms with Gasteiger partial charge in [-0.25, -0.2) is 13.4 Å². The summed E-state index contributed by atoms with van der Waals surface area (Å²) in [5.41, 5.74) is 3.19. The summed E-state index contributed by atoms with van der Waals surface area (Å²) in [5, 5.41) is 1.09. The van der Waals surface area contributed by atoms with Crippen LogP contribution in [0, 0.1) is 0 Å². The van der Waals surface area contributed by atoms with Gasteiger partial charge in [0.15, 0.2) is 0 Å². The fourth-order valence-electron chi connectivity index (χ4n) is 4.41. The zero-order valence-electron chi connectivity index (χ0n) is 16.8. The number of piperidine rings is 1. The molecule has 0 radical (unpaired) electrons. The number of carbonyl (C=O) groups is 1. The standard InChI is InChI=1S/C21H28N4O3S/c1-2-14-29(27,28)25-11-4-3-7-19(25)21(26)24-12-8-16(9-13-24)18-15-23-20-17(18)6-5-10-22-20/h5-6,8,10,15,19H,2-4,7,9,11-14H2,1H3,(H,22,23). The van der Waals surface area contributed by atoms with Crippen LogP contribution >= 0.6 is 0 Å². The molecule has 1 amide bonds. The van der Waals surface area contributed by atoms with E-state index in [1.54, 1.807) is 11.1 Å². The first-order chi connectivity index (χ1) is 14.0. The second-order valence-electron chi connectivity index (χ2n) is 7.80. The lowest BCUT2D eigenvalue weighted by atomic mass is 9.98. The van der Waals surface area contributed by atoms with Gasteiger partial charge in [0.25, 0.3) is 0 Å². The van der Waals surface area contributed by atoms with Crippen molar-refractivity contribution in [1.82, 2.24) is 19.2 Å². The van der Waals surface area contributed by atoms with Crippen LogP contribution in [-0.4, -0.2) is 64.9 Å². The van der Waals surface area contributed by atoms with Crippen LogP contribution in [0.5, 0.6) is 0 Å². The summed E-state index contributed by atoms with van der Waals surface area (Å²) in [6.45, 7) is 3.43. The van der Waals surface area contributed by atoms with Crippen LogP contribution in [-0.2, 0) is 14.8 Å². The second-order valence-corrected chi connectivity index (χ2v) is 9.84. The summed E-state index contributed by atoms with van der Waals surface area (Å²) in [6.07, 6.45) is 9.48. The number of rotatable bonds is 5. The van der Waals surface area contributed by atoms with Crippen molar-refractivity contribution < 1.29 is 13.2 Å². The molecule has 1 fully saturated rings. The van der Waals surface area contributed by atoms with Gasteiger partial charge in [0.1, 0.15) is 11.7 Å². The molecule has 29 heavy (non-hydrogen) atoms. The first-order valence-corrected chi connectivity index (χ1v) is 12.0. The Balaban J connectivity index is 1.50. The van der Waals surface area contributed by atoms with E-state index in [1.165, 1.54) is 9.88 Å². The highest BCUT2D eigenvalue weighted by molar-refractivity contribution is 7.89. The normalized spacial score (nSPS) is 21.3. The molecule has 1 unspecified atom stereocenters. The van der Waals surface area contributed by atoms with E-state index in [4.69, 9.17) is 0 Å². The largest absolute Gasteiger partial charge is 0.346 e. The smallest absolute Gasteiger partial charge is 0.241 e. The number of hydrogen-bond donors (Lipinski definition) is 1. The Hall–Kier alpha value is -2.19. The van der Waals surface area contributed by atoms with Gasteiger partial charge in [-0.15, -0.1) is 0 Å². The number of amides is 1. The SMILES string of the molecule is CCCS(=O)(=O)N1CCCCC1C(=O)N1CC=C(c2c[nH]c3ncccc23)CC1. The molecule has 7 nitrogen and oxygen atoms in total. The van der Waals surface area contributed by atoms with Gasteiger partial charge in [0.2, 0.25) is 15.9 Å². The summed E-state index contributed by atoms with van der Waals surface area (Å²) in [4.78, 5) is 22.5. The highest BCUT2D eigenvalue weighted by Crippen LogP contribution is 2.30. The van der Waals surface area contributed by atoms with Crippen LogP contribution in [0.3, 0.4) is 0 Å². The van der Waals surface area contributed by atoms with E-state index in [2.05, 4.69) is 16.0 Å². The predicted octanol–water partition coefficient (Wildman–Crippen LogP) is 2.77. The van der Waals surface area contributed by atoms with E-state index in [-0.39, 0.29) is 11.7 Å². The zero-order chi connectivity index (χ0) is 20.4. The second kappa shape index (κ2) is 8.28. The third-order valence-electron chi connectivity index (χ3n) is 5.88. The van der Waals surface area contributed by atoms with Crippen molar-refractivity contribution in [2.45, 2.75) is 45.1 Å². The van der Waals surface area contributed by atoms with Crippen molar-refractivity contribution in [2.24, 2.45) is 0 Å². The highest BCUT2D eigenvalue weighted by Gasteiger charge is 2.38. The van der Waals surface area contributed by atoms with Crippen molar-refractivity contribution >= 4 is 32.5 Å². The van der Waals surface area contributed by atoms with Crippen molar-refractivity contribution in [1.29, 1.82) is 0 Å². The Morgan fingerprint density at radius 3 is 2.93 bits per heavy atom. The summed E-state index contributed by atoms with van der Waals surface area (Å²) in [5.74, 6) is 0.0513. The fourth-order valence-corrected chi connectivity index (χ4v) is 6.15. The van der Waals surface area contributed by atoms with E-state index >= 15 is 0 Å². The monoisotopic (exact) mass is 416 g/mol. The third kappa shape index (κ3) is 3.96. The molecule has 2 aromatic rings. The van der Waals surface area contributed by atoms with Crippen LogP contribution in [0.4, 0.5) is 0 Å². The zero-order valence-corrected chi connectivity index (χ0v) is 17.6. The van der Waals surface area contributed by atoms with Crippen LogP contribution in [0.2, 0.25) is 0 Å². The molecule has 0 saturated carbocycles. The molecule has 1 atom stereocenters. The molecule has 156 valence electrons. The number of hydrogen-bond acceptors (Lipinski definition) is 4. The molecule has 1 N–H and O–H groups in total. The molecule has 1 saturated heterocycles. The molecule has 0 aromatic carbocycles. The quantitative estimate of drug-likeness (QED) is 0.812. The average molecular weight is 417 g/mol. The molecule has 0 aliphatic carbocycles. The van der Waals surface area contributed by atoms with Gasteiger partial charge < -0.3 is 9.88 Å². The Kier molecular flexibility index (Phi) is 5.74. The number of sulfonamides is 1. The molecule has 8 heteroatoms. The van der Waals surface area contributed by atoms with E-state index in [0.29, 0.717) is 32.5 Å². The van der Waals surface area contributed by atoms with Gasteiger partial charge in [-0.2, -0.15) is 4.31 Å². The number of pyridine rings is 1. The number of carbonyl (C=O) groups excluding carboxylic acids is 1. The van der Waals surface area contributed by atoms with Crippen LogP contribution in [0.1, 0.15) is 44.6 Å². The molecule has 4 heterocycles. The van der Waals surface area contributed by atoms with Crippen LogP contribution in [0.15, 0.2) is 30.6 Å². The molecule has 0 bridgehead atoms. The number of H-pyrrole nitrogens is 1. The Labute approximate surface area is 171 Å². The molecule has 0 spiro atoms. The number of fused-ring (bicyclic) bond motifs is 1. The minimum Gasteiger partial charge on any atom is -0.346 e. The molecule has 2 aliphatic heterocycles. The first-order valence-electron chi connectivity index (χ1n) is 10.4. The maximum atomic E-state index is 13.2. The molecular formula is C21H28N4O3S. The van der Waals surface area contributed by atoms with Crippen LogP contribution < -0.4 is 0 Å². The molecular weight excluding hydrogens is 388 g/mol. The van der Waals surface area contributed by atoms with Gasteiger partial charge in [-0.05, 0) is 43.4 Å². The van der Waals surface area contributed by atoms with Crippen molar-refractivity contribution in [3.63, 3.8) is 0 Å². The van der Waals surface area contributed by atoms with Crippen LogP contribution in [0.25, 0.3) is 16.6 Å². The maximum absolute atomic E-state index is 13.2. The minimum absolute atomic E-state index is 0.0553. The van der Waals surface area contributed by atoms with E-state index in [0.717, 1.165) is 35.9 Å². The number of aromatic amines is 1. The lowest BCUT2D eigenvalue weighted by Gasteiger charge is -2.37. The van der Waals surface area contributed by atoms with Crippen molar-refractivity contribution in [3.05, 3.63) is 36.2 Å². The van der Waals surface area contributed by atoms with E-state index in [9.17, 15) is 13.2 Å². The first kappa shape index (κ1) is 20.1. The summed E-state index contributed by atoms with van der Waals surface area (Å²) < 4.78 is 26.8. The lowest BCUT2D eigenvalue weighted by molar-refractivity contribution is -0.135. The maximum Gasteiger partial charge on any atom is 0.241 e. The Morgan fingerprint density at radius 1 is 1.31 bits per heavy atom. The van der Waals surface area contributed by atoms with Gasteiger partial charge >= 0.3 is 0 Å². The Bertz CT molecular complexity index is 1030. The lowest BCUT2D eigenvalue weighted by Crippen LogP contribution is -2.54. The van der Waals surface area contributed by atoms with E-state index < -0.39 is 16.1 Å². The Morgan fingerprint density at radius 2 is 2.17 bits per heavy atom. The van der Waals surface area contributed by atoms with Gasteiger partial charge in [0, 0.05) is 43.0 Å². The third-order valence-corrected chi connectivity index (χ3v) is 7.95. The topological polar surface area (TPSA) is 86.4 Å². The summed E-state index contributed by atoms with van der Waals surface area (Å²) in [7, 11) is -3.38. The molecule has 2 aliphatic rings. The summed E-state index contributed by atoms with van der Waals surface area (Å²) in [6, 6.07) is 3.42. The number of nitrogens with one attached hydrogen (secondary N) is 1. The van der Waals surface area contributed by atoms with Gasteiger partial charge in [-0.1, -0.05) is 19.4 Å². The predicted molar refractivity (Wildman–Crippen MR) is 114 cm³/mol. The minimum atomic E-state index is -3.38. The van der Waals surface area contributed by atoms with Gasteiger partial charge in [-0.3, -0.25) is 4.79 Å².